The molecule has 184 valence electrons. The Morgan fingerprint density at radius 2 is 2.03 bits per heavy atom. The van der Waals surface area contributed by atoms with Crippen LogP contribution in [0, 0.1) is 0 Å². The molecule has 3 aromatic rings. The molecule has 4 heterocycles. The van der Waals surface area contributed by atoms with Crippen LogP contribution in [0.2, 0.25) is 0 Å². The number of nitrogen functional groups attached to an aromatic ring is 1. The third-order valence-corrected chi connectivity index (χ3v) is 6.01. The first-order valence-electron chi connectivity index (χ1n) is 11.6. The topological polar surface area (TPSA) is 142 Å². The minimum atomic E-state index is -0.507. The van der Waals surface area contributed by atoms with E-state index in [1.807, 2.05) is 16.7 Å². The van der Waals surface area contributed by atoms with Crippen LogP contribution < -0.4 is 26.1 Å². The molecular formula is C23H28N8O4. The number of methoxy groups -OCH3 is 1. The van der Waals surface area contributed by atoms with Crippen molar-refractivity contribution in [3.05, 3.63) is 35.7 Å². The van der Waals surface area contributed by atoms with E-state index in [1.165, 1.54) is 12.4 Å². The lowest BCUT2D eigenvalue weighted by Crippen LogP contribution is -2.37. The molecule has 0 unspecified atom stereocenters. The second-order valence-corrected chi connectivity index (χ2v) is 8.23. The Morgan fingerprint density at radius 1 is 1.23 bits per heavy atom. The number of fused-ring (bicyclic) bond motifs is 3. The number of nitrogens with two attached hydrogens (primary N) is 1. The van der Waals surface area contributed by atoms with E-state index < -0.39 is 5.91 Å². The summed E-state index contributed by atoms with van der Waals surface area (Å²) in [6.07, 6.45) is 3.58. The fourth-order valence-corrected chi connectivity index (χ4v) is 4.24. The summed E-state index contributed by atoms with van der Waals surface area (Å²) in [4.78, 5) is 31.8. The maximum absolute atomic E-state index is 12.8. The quantitative estimate of drug-likeness (QED) is 0.463. The Labute approximate surface area is 201 Å². The average molecular weight is 482 g/mol. The molecule has 0 spiro atoms. The van der Waals surface area contributed by atoms with Crippen molar-refractivity contribution >= 4 is 28.6 Å². The molecule has 2 aromatic heterocycles. The maximum Gasteiger partial charge on any atom is 0.283 e. The Hall–Kier alpha value is -3.77. The summed E-state index contributed by atoms with van der Waals surface area (Å²) >= 11 is 0. The fourth-order valence-electron chi connectivity index (χ4n) is 4.24. The Bertz CT molecular complexity index is 1290. The average Bonchev–Trinajstić information content (AvgIpc) is 3.38. The molecule has 1 fully saturated rings. The molecule has 12 heteroatoms. The lowest BCUT2D eigenvalue weighted by atomic mass is 10.2. The number of anilines is 2. The largest absolute Gasteiger partial charge is 0.491 e. The van der Waals surface area contributed by atoms with E-state index in [1.54, 1.807) is 7.11 Å². The summed E-state index contributed by atoms with van der Waals surface area (Å²) in [5.74, 6) is 1.51. The van der Waals surface area contributed by atoms with Gasteiger partial charge in [0.1, 0.15) is 11.3 Å². The second-order valence-electron chi connectivity index (χ2n) is 8.23. The number of amides is 1. The van der Waals surface area contributed by atoms with Gasteiger partial charge in [-0.3, -0.25) is 14.3 Å². The molecular weight excluding hydrogens is 453 g/mol. The van der Waals surface area contributed by atoms with Gasteiger partial charge in [-0.2, -0.15) is 4.99 Å². The van der Waals surface area contributed by atoms with Crippen molar-refractivity contribution in [2.24, 2.45) is 4.99 Å². The number of hydrogen-bond acceptors (Lipinski definition) is 10. The van der Waals surface area contributed by atoms with Gasteiger partial charge in [-0.05, 0) is 18.6 Å². The van der Waals surface area contributed by atoms with Gasteiger partial charge >= 0.3 is 0 Å². The lowest BCUT2D eigenvalue weighted by Gasteiger charge is -2.26. The van der Waals surface area contributed by atoms with Gasteiger partial charge in [-0.15, -0.1) is 0 Å². The van der Waals surface area contributed by atoms with Gasteiger partial charge in [-0.25, -0.2) is 15.0 Å². The molecule has 35 heavy (non-hydrogen) atoms. The van der Waals surface area contributed by atoms with Crippen LogP contribution in [0.4, 0.5) is 11.8 Å². The van der Waals surface area contributed by atoms with Crippen LogP contribution in [0.25, 0.3) is 10.9 Å². The van der Waals surface area contributed by atoms with E-state index >= 15 is 0 Å². The van der Waals surface area contributed by atoms with Crippen molar-refractivity contribution in [2.75, 3.05) is 64.2 Å². The van der Waals surface area contributed by atoms with Crippen LogP contribution in [0.15, 0.2) is 29.5 Å². The molecule has 0 radical (unpaired) electrons. The zero-order valence-electron chi connectivity index (χ0n) is 19.6. The second kappa shape index (κ2) is 10.2. The van der Waals surface area contributed by atoms with E-state index in [9.17, 15) is 4.79 Å². The van der Waals surface area contributed by atoms with Crippen LogP contribution in [0.3, 0.4) is 0 Å². The predicted octanol–water partition coefficient (Wildman–Crippen LogP) is 0.685. The number of rotatable bonds is 7. The molecule has 3 N–H and O–H groups in total. The van der Waals surface area contributed by atoms with Crippen molar-refractivity contribution in [3.8, 4) is 11.5 Å². The Balaban J connectivity index is 1.44. The van der Waals surface area contributed by atoms with E-state index in [0.717, 1.165) is 50.5 Å². The number of hydrogen-bond donors (Lipinski definition) is 2. The maximum atomic E-state index is 12.8. The van der Waals surface area contributed by atoms with Gasteiger partial charge in [0.15, 0.2) is 11.5 Å². The SMILES string of the molecule is COc1c(OCCCN2CCOCC2)ccc2c3n([13c](=NC(=O)c4cnc(N)nc4)nc12)CCN3. The number of nitrogens with one attached hydrogen (secondary N) is 1. The van der Waals surface area contributed by atoms with Gasteiger partial charge in [-0.1, -0.05) is 0 Å². The monoisotopic (exact) mass is 481 g/mol. The lowest BCUT2D eigenvalue weighted by molar-refractivity contribution is 0.0357. The highest BCUT2D eigenvalue weighted by atomic mass is 16.5. The summed E-state index contributed by atoms with van der Waals surface area (Å²) in [7, 11) is 1.58. The van der Waals surface area contributed by atoms with Crippen LogP contribution >= 0.6 is 0 Å². The molecule has 0 bridgehead atoms. The zero-order valence-corrected chi connectivity index (χ0v) is 19.6. The van der Waals surface area contributed by atoms with Crippen LogP contribution in [-0.2, 0) is 11.3 Å². The predicted molar refractivity (Wildman–Crippen MR) is 128 cm³/mol. The van der Waals surface area contributed by atoms with E-state index in [4.69, 9.17) is 24.9 Å². The number of morpholine rings is 1. The van der Waals surface area contributed by atoms with Crippen molar-refractivity contribution in [3.63, 3.8) is 0 Å². The Morgan fingerprint density at radius 3 is 2.80 bits per heavy atom. The first-order valence-corrected chi connectivity index (χ1v) is 11.6. The van der Waals surface area contributed by atoms with Crippen LogP contribution in [-0.4, -0.2) is 83.4 Å². The van der Waals surface area contributed by atoms with Crippen molar-refractivity contribution < 1.29 is 19.0 Å². The Kier molecular flexibility index (Phi) is 6.73. The number of carbonyl (C=O) groups excluding carboxylic acids is 1. The normalized spacial score (nSPS) is 16.2. The molecule has 0 atom stereocenters. The third kappa shape index (κ3) is 4.88. The summed E-state index contributed by atoms with van der Waals surface area (Å²) in [5.41, 5.74) is 6.58. The van der Waals surface area contributed by atoms with Gasteiger partial charge in [0.25, 0.3) is 5.91 Å². The third-order valence-electron chi connectivity index (χ3n) is 6.01. The molecule has 0 aliphatic carbocycles. The number of benzene rings is 1. The van der Waals surface area contributed by atoms with Crippen molar-refractivity contribution in [1.29, 1.82) is 0 Å². The van der Waals surface area contributed by atoms with Gasteiger partial charge in [0, 0.05) is 50.5 Å². The van der Waals surface area contributed by atoms with Gasteiger partial charge in [0.2, 0.25) is 11.6 Å². The first-order chi connectivity index (χ1) is 17.1. The summed E-state index contributed by atoms with van der Waals surface area (Å²) in [6, 6.07) is 3.85. The van der Waals surface area contributed by atoms with E-state index in [2.05, 4.69) is 25.2 Å². The minimum absolute atomic E-state index is 0.0899. The highest BCUT2D eigenvalue weighted by Gasteiger charge is 2.21. The molecule has 1 saturated heterocycles. The fraction of sp³-hybridized carbons (Fsp3) is 0.435. The minimum Gasteiger partial charge on any atom is -0.491 e. The molecule has 1 aromatic carbocycles. The summed E-state index contributed by atoms with van der Waals surface area (Å²) < 4.78 is 19.1. The van der Waals surface area contributed by atoms with E-state index in [-0.39, 0.29) is 17.1 Å². The summed E-state index contributed by atoms with van der Waals surface area (Å²) in [6.45, 7) is 6.29. The van der Waals surface area contributed by atoms with Crippen molar-refractivity contribution in [2.45, 2.75) is 13.0 Å². The highest BCUT2D eigenvalue weighted by Crippen LogP contribution is 2.37. The molecule has 12 nitrogen and oxygen atoms in total. The molecule has 1 amide bonds. The molecule has 2 aliphatic heterocycles. The smallest absolute Gasteiger partial charge is 0.283 e. The van der Waals surface area contributed by atoms with Gasteiger partial charge < -0.3 is 25.3 Å². The number of nitrogens with zero attached hydrogens (tertiary/aromatic N) is 6. The zero-order chi connectivity index (χ0) is 24.2. The van der Waals surface area contributed by atoms with Crippen molar-refractivity contribution in [1.82, 2.24) is 24.4 Å². The molecule has 5 rings (SSSR count). The number of aromatic nitrogens is 4. The molecule has 2 aliphatic rings. The molecule has 0 saturated carbocycles. The van der Waals surface area contributed by atoms with Crippen LogP contribution in [0.1, 0.15) is 16.8 Å². The summed E-state index contributed by atoms with van der Waals surface area (Å²) in [5, 5.41) is 4.22. The number of carbonyl (C=O) groups is 1. The van der Waals surface area contributed by atoms with E-state index in [0.29, 0.717) is 36.7 Å². The standard InChI is InChI=1S/C23H28N8O4/c1-33-19-17(35-10-2-6-30-8-11-34-12-9-30)4-3-16-18(19)28-23(31-7-5-25-20(16)31)29-21(32)15-13-26-22(24)27-14-15/h3-4,13-14,25H,2,5-12H2,1H3,(H2,24,26,27)/i23+1. The number of ether oxygens (including phenoxy) is 3. The van der Waals surface area contributed by atoms with Gasteiger partial charge in [0.05, 0.1) is 32.5 Å². The highest BCUT2D eigenvalue weighted by molar-refractivity contribution is 5.96. The first kappa shape index (κ1) is 23.0. The van der Waals surface area contributed by atoms with Crippen LogP contribution in [0.5, 0.6) is 11.5 Å².